The number of rotatable bonds is 6. The van der Waals surface area contributed by atoms with Crippen molar-refractivity contribution >= 4 is 5.91 Å². The van der Waals surface area contributed by atoms with Crippen LogP contribution in [0.25, 0.3) is 0 Å². The van der Waals surface area contributed by atoms with Crippen LogP contribution in [-0.4, -0.2) is 25.7 Å². The Hall–Kier alpha value is -2.69. The van der Waals surface area contributed by atoms with Crippen LogP contribution >= 0.6 is 0 Å². The number of ether oxygens (including phenoxy) is 3. The number of amides is 1. The van der Waals surface area contributed by atoms with Crippen molar-refractivity contribution in [1.82, 2.24) is 5.32 Å². The molecule has 2 aromatic carbocycles. The summed E-state index contributed by atoms with van der Waals surface area (Å²) < 4.78 is 16.7. The summed E-state index contributed by atoms with van der Waals surface area (Å²) >= 11 is 0. The second-order valence-electron chi connectivity index (χ2n) is 6.05. The van der Waals surface area contributed by atoms with Crippen molar-refractivity contribution in [3.05, 3.63) is 53.1 Å². The zero-order valence-corrected chi connectivity index (χ0v) is 14.8. The van der Waals surface area contributed by atoms with E-state index < -0.39 is 0 Å². The summed E-state index contributed by atoms with van der Waals surface area (Å²) in [6.45, 7) is 4.94. The molecule has 0 aliphatic carbocycles. The highest BCUT2D eigenvalue weighted by molar-refractivity contribution is 5.94. The normalized spacial score (nSPS) is 15.2. The maximum Gasteiger partial charge on any atom is 0.251 e. The van der Waals surface area contributed by atoms with E-state index in [1.165, 1.54) is 0 Å². The molecule has 0 saturated heterocycles. The van der Waals surface area contributed by atoms with Crippen LogP contribution in [0.5, 0.6) is 17.2 Å². The zero-order chi connectivity index (χ0) is 17.8. The quantitative estimate of drug-likeness (QED) is 0.875. The molecule has 0 fully saturated rings. The van der Waals surface area contributed by atoms with E-state index in [4.69, 9.17) is 14.2 Å². The number of nitrogens with one attached hydrogen (secondary N) is 1. The molecule has 25 heavy (non-hydrogen) atoms. The van der Waals surface area contributed by atoms with Crippen LogP contribution in [-0.2, 0) is 13.0 Å². The van der Waals surface area contributed by atoms with Crippen molar-refractivity contribution < 1.29 is 19.0 Å². The third-order valence-electron chi connectivity index (χ3n) is 4.15. The fourth-order valence-electron chi connectivity index (χ4n) is 2.95. The van der Waals surface area contributed by atoms with Gasteiger partial charge >= 0.3 is 0 Å². The largest absolute Gasteiger partial charge is 0.497 e. The molecular formula is C20H23NO4. The molecule has 0 radical (unpaired) electrons. The Balaban J connectivity index is 1.75. The van der Waals surface area contributed by atoms with Gasteiger partial charge in [0.05, 0.1) is 13.7 Å². The van der Waals surface area contributed by atoms with E-state index in [2.05, 4.69) is 5.32 Å². The molecule has 0 saturated carbocycles. The molecule has 5 nitrogen and oxygen atoms in total. The molecule has 1 unspecified atom stereocenters. The monoisotopic (exact) mass is 341 g/mol. The maximum atomic E-state index is 12.4. The van der Waals surface area contributed by atoms with E-state index in [1.807, 2.05) is 32.0 Å². The Morgan fingerprint density at radius 2 is 2.16 bits per heavy atom. The minimum absolute atomic E-state index is 0.156. The first-order chi connectivity index (χ1) is 12.1. The molecule has 3 rings (SSSR count). The van der Waals surface area contributed by atoms with Gasteiger partial charge in [-0.05, 0) is 44.2 Å². The Kier molecular flexibility index (Phi) is 5.12. The standard InChI is InChI=1S/C20H23NO4/c1-4-24-18-10-15-8-13(2)25-19(15)11-16(18)12-21-20(22)14-6-5-7-17(9-14)23-3/h5-7,9-11,13H,4,8,12H2,1-3H3,(H,21,22). The Bertz CT molecular complexity index is 772. The minimum Gasteiger partial charge on any atom is -0.497 e. The van der Waals surface area contributed by atoms with Crippen LogP contribution in [0.3, 0.4) is 0 Å². The van der Waals surface area contributed by atoms with Gasteiger partial charge in [0, 0.05) is 29.7 Å². The van der Waals surface area contributed by atoms with Gasteiger partial charge in [-0.3, -0.25) is 4.79 Å². The number of hydrogen-bond donors (Lipinski definition) is 1. The van der Waals surface area contributed by atoms with Crippen molar-refractivity contribution in [1.29, 1.82) is 0 Å². The highest BCUT2D eigenvalue weighted by Gasteiger charge is 2.22. The number of benzene rings is 2. The molecule has 1 amide bonds. The number of methoxy groups -OCH3 is 1. The van der Waals surface area contributed by atoms with E-state index in [9.17, 15) is 4.79 Å². The fourth-order valence-corrected chi connectivity index (χ4v) is 2.95. The molecule has 1 atom stereocenters. The van der Waals surface area contributed by atoms with E-state index in [0.29, 0.717) is 24.5 Å². The number of carbonyl (C=O) groups is 1. The first kappa shape index (κ1) is 17.1. The lowest BCUT2D eigenvalue weighted by atomic mass is 10.1. The topological polar surface area (TPSA) is 56.8 Å². The molecule has 0 bridgehead atoms. The first-order valence-electron chi connectivity index (χ1n) is 8.48. The number of carbonyl (C=O) groups excluding carboxylic acids is 1. The number of fused-ring (bicyclic) bond motifs is 1. The summed E-state index contributed by atoms with van der Waals surface area (Å²) in [5, 5.41) is 2.94. The lowest BCUT2D eigenvalue weighted by molar-refractivity contribution is 0.0950. The van der Waals surface area contributed by atoms with Crippen LogP contribution in [0.2, 0.25) is 0 Å². The summed E-state index contributed by atoms with van der Waals surface area (Å²) in [6, 6.07) is 11.1. The second-order valence-corrected chi connectivity index (χ2v) is 6.05. The van der Waals surface area contributed by atoms with Gasteiger partial charge in [0.1, 0.15) is 23.4 Å². The van der Waals surface area contributed by atoms with Crippen LogP contribution in [0.4, 0.5) is 0 Å². The maximum absolute atomic E-state index is 12.4. The lowest BCUT2D eigenvalue weighted by Gasteiger charge is -2.13. The van der Waals surface area contributed by atoms with Crippen molar-refractivity contribution in [2.24, 2.45) is 0 Å². The zero-order valence-electron chi connectivity index (χ0n) is 14.8. The molecule has 132 valence electrons. The lowest BCUT2D eigenvalue weighted by Crippen LogP contribution is -2.23. The van der Waals surface area contributed by atoms with Gasteiger partial charge < -0.3 is 19.5 Å². The fraction of sp³-hybridized carbons (Fsp3) is 0.350. The van der Waals surface area contributed by atoms with Crippen molar-refractivity contribution in [3.63, 3.8) is 0 Å². The molecule has 1 N–H and O–H groups in total. The molecule has 0 aromatic heterocycles. The van der Waals surface area contributed by atoms with E-state index in [0.717, 1.165) is 29.0 Å². The predicted molar refractivity (Wildman–Crippen MR) is 95.6 cm³/mol. The van der Waals surface area contributed by atoms with Crippen LogP contribution in [0.15, 0.2) is 36.4 Å². The predicted octanol–water partition coefficient (Wildman–Crippen LogP) is 3.35. The highest BCUT2D eigenvalue weighted by Crippen LogP contribution is 2.35. The van der Waals surface area contributed by atoms with E-state index in [1.54, 1.807) is 25.3 Å². The van der Waals surface area contributed by atoms with Crippen molar-refractivity contribution in [3.8, 4) is 17.2 Å². The third-order valence-corrected chi connectivity index (χ3v) is 4.15. The van der Waals surface area contributed by atoms with Gasteiger partial charge in [0.15, 0.2) is 0 Å². The molecular weight excluding hydrogens is 318 g/mol. The van der Waals surface area contributed by atoms with Gasteiger partial charge in [0.25, 0.3) is 5.91 Å². The van der Waals surface area contributed by atoms with Crippen molar-refractivity contribution in [2.45, 2.75) is 32.9 Å². The van der Waals surface area contributed by atoms with Crippen molar-refractivity contribution in [2.75, 3.05) is 13.7 Å². The Morgan fingerprint density at radius 1 is 1.32 bits per heavy atom. The molecule has 1 aliphatic rings. The van der Waals surface area contributed by atoms with Crippen LogP contribution in [0, 0.1) is 0 Å². The van der Waals surface area contributed by atoms with Crippen LogP contribution < -0.4 is 19.5 Å². The van der Waals surface area contributed by atoms with Gasteiger partial charge in [-0.15, -0.1) is 0 Å². The van der Waals surface area contributed by atoms with Gasteiger partial charge in [-0.1, -0.05) is 6.07 Å². The second kappa shape index (κ2) is 7.47. The Morgan fingerprint density at radius 3 is 2.92 bits per heavy atom. The van der Waals surface area contributed by atoms with Gasteiger partial charge in [-0.25, -0.2) is 0 Å². The Labute approximate surface area is 147 Å². The summed E-state index contributed by atoms with van der Waals surface area (Å²) in [7, 11) is 1.58. The van der Waals surface area contributed by atoms with Crippen LogP contribution in [0.1, 0.15) is 35.3 Å². The summed E-state index contributed by atoms with van der Waals surface area (Å²) in [4.78, 5) is 12.4. The summed E-state index contributed by atoms with van der Waals surface area (Å²) in [6.07, 6.45) is 1.05. The molecule has 0 spiro atoms. The van der Waals surface area contributed by atoms with Gasteiger partial charge in [-0.2, -0.15) is 0 Å². The van der Waals surface area contributed by atoms with E-state index in [-0.39, 0.29) is 12.0 Å². The molecule has 1 aliphatic heterocycles. The van der Waals surface area contributed by atoms with Gasteiger partial charge in [0.2, 0.25) is 0 Å². The summed E-state index contributed by atoms with van der Waals surface area (Å²) in [5.74, 6) is 2.17. The minimum atomic E-state index is -0.156. The average molecular weight is 341 g/mol. The smallest absolute Gasteiger partial charge is 0.251 e. The third kappa shape index (κ3) is 3.87. The highest BCUT2D eigenvalue weighted by atomic mass is 16.5. The average Bonchev–Trinajstić information content (AvgIpc) is 2.98. The SMILES string of the molecule is CCOc1cc2c(cc1CNC(=O)c1cccc(OC)c1)OC(C)C2. The first-order valence-corrected chi connectivity index (χ1v) is 8.48. The summed E-state index contributed by atoms with van der Waals surface area (Å²) in [5.41, 5.74) is 2.62. The number of hydrogen-bond acceptors (Lipinski definition) is 4. The van der Waals surface area contributed by atoms with E-state index >= 15 is 0 Å². The molecule has 5 heteroatoms. The molecule has 2 aromatic rings. The molecule has 1 heterocycles.